The van der Waals surface area contributed by atoms with Crippen molar-refractivity contribution in [3.8, 4) is 0 Å². The molecule has 0 spiro atoms. The first-order valence-electron chi connectivity index (χ1n) is 9.66. The molecule has 0 unspecified atom stereocenters. The summed E-state index contributed by atoms with van der Waals surface area (Å²) in [7, 11) is 0. The van der Waals surface area contributed by atoms with Crippen molar-refractivity contribution in [2.24, 2.45) is 0 Å². The molecular formula is C22H27N5. The highest BCUT2D eigenvalue weighted by molar-refractivity contribution is 5.48. The molecule has 1 fully saturated rings. The molecule has 0 saturated carbocycles. The monoisotopic (exact) mass is 361 g/mol. The Balaban J connectivity index is 1.29. The van der Waals surface area contributed by atoms with E-state index in [9.17, 15) is 0 Å². The summed E-state index contributed by atoms with van der Waals surface area (Å²) in [6, 6.07) is 12.6. The first-order chi connectivity index (χ1) is 13.2. The van der Waals surface area contributed by atoms with Crippen LogP contribution in [0.4, 0.5) is 0 Å². The maximum absolute atomic E-state index is 4.72. The fraction of sp³-hybridized carbons (Fsp3) is 0.364. The van der Waals surface area contributed by atoms with E-state index >= 15 is 0 Å². The second-order valence-electron chi connectivity index (χ2n) is 7.33. The number of hydrogen-bond acceptors (Lipinski definition) is 4. The summed E-state index contributed by atoms with van der Waals surface area (Å²) in [5, 5.41) is 0. The third-order valence-electron chi connectivity index (χ3n) is 5.14. The van der Waals surface area contributed by atoms with Crippen molar-refractivity contribution in [2.45, 2.75) is 20.4 Å². The smallest absolute Gasteiger partial charge is 0.234 e. The number of imidazole rings is 1. The van der Waals surface area contributed by atoms with Crippen LogP contribution >= 0.6 is 0 Å². The summed E-state index contributed by atoms with van der Waals surface area (Å²) in [6.07, 6.45) is 6.61. The Morgan fingerprint density at radius 2 is 1.70 bits per heavy atom. The lowest BCUT2D eigenvalue weighted by molar-refractivity contribution is 0.136. The van der Waals surface area contributed by atoms with Crippen LogP contribution in [0, 0.1) is 13.8 Å². The van der Waals surface area contributed by atoms with E-state index in [0.717, 1.165) is 56.4 Å². The van der Waals surface area contributed by atoms with E-state index in [-0.39, 0.29) is 0 Å². The first-order valence-corrected chi connectivity index (χ1v) is 9.66. The minimum atomic E-state index is 0.812. The van der Waals surface area contributed by atoms with Crippen LogP contribution in [0.5, 0.6) is 0 Å². The maximum atomic E-state index is 4.72. The number of hydrogen-bond donors (Lipinski definition) is 0. The van der Waals surface area contributed by atoms with E-state index in [0.29, 0.717) is 0 Å². The Kier molecular flexibility index (Phi) is 5.32. The zero-order valence-corrected chi connectivity index (χ0v) is 16.2. The van der Waals surface area contributed by atoms with Crippen LogP contribution in [0.3, 0.4) is 0 Å². The predicted molar refractivity (Wildman–Crippen MR) is 110 cm³/mol. The largest absolute Gasteiger partial charge is 0.297 e. The van der Waals surface area contributed by atoms with Crippen molar-refractivity contribution in [2.75, 3.05) is 32.7 Å². The highest BCUT2D eigenvalue weighted by Crippen LogP contribution is 2.12. The van der Waals surface area contributed by atoms with Crippen molar-refractivity contribution in [1.29, 1.82) is 0 Å². The summed E-state index contributed by atoms with van der Waals surface area (Å²) in [5.74, 6) is 0.812. The summed E-state index contributed by atoms with van der Waals surface area (Å²) in [5.41, 5.74) is 4.58. The molecular weight excluding hydrogens is 334 g/mol. The Morgan fingerprint density at radius 1 is 0.963 bits per heavy atom. The molecule has 0 bridgehead atoms. The van der Waals surface area contributed by atoms with Crippen LogP contribution in [-0.2, 0) is 6.54 Å². The van der Waals surface area contributed by atoms with Crippen LogP contribution in [0.2, 0.25) is 0 Å². The number of rotatable bonds is 5. The van der Waals surface area contributed by atoms with Crippen LogP contribution in [0.15, 0.2) is 48.7 Å². The zero-order chi connectivity index (χ0) is 18.6. The van der Waals surface area contributed by atoms with Gasteiger partial charge in [0, 0.05) is 56.9 Å². The van der Waals surface area contributed by atoms with Gasteiger partial charge in [0.2, 0.25) is 5.78 Å². The molecule has 0 atom stereocenters. The van der Waals surface area contributed by atoms with Gasteiger partial charge >= 0.3 is 0 Å². The van der Waals surface area contributed by atoms with E-state index in [1.807, 2.05) is 6.92 Å². The molecule has 1 aliphatic rings. The van der Waals surface area contributed by atoms with Gasteiger partial charge in [-0.25, -0.2) is 9.97 Å². The van der Waals surface area contributed by atoms with Gasteiger partial charge < -0.3 is 0 Å². The molecule has 5 nitrogen and oxygen atoms in total. The van der Waals surface area contributed by atoms with Gasteiger partial charge in [0.05, 0.1) is 5.69 Å². The molecule has 2 aromatic heterocycles. The predicted octanol–water partition coefficient (Wildman–Crippen LogP) is 3.18. The highest BCUT2D eigenvalue weighted by atomic mass is 15.3. The summed E-state index contributed by atoms with van der Waals surface area (Å²) in [6.45, 7) is 10.4. The molecule has 1 aliphatic heterocycles. The quantitative estimate of drug-likeness (QED) is 0.699. The van der Waals surface area contributed by atoms with E-state index in [1.54, 1.807) is 0 Å². The van der Waals surface area contributed by atoms with Crippen LogP contribution in [0.1, 0.15) is 22.6 Å². The van der Waals surface area contributed by atoms with Crippen LogP contribution < -0.4 is 0 Å². The van der Waals surface area contributed by atoms with Gasteiger partial charge in [0.15, 0.2) is 0 Å². The standard InChI is InChI=1S/C22H27N5/c1-18-15-19(2)27-17-21(24-22(27)23-18)16-26-13-11-25(12-14-26)10-6-9-20-7-4-3-5-8-20/h3-9,15,17H,10-14,16H2,1-2H3. The normalized spacial score (nSPS) is 16.5. The molecule has 0 amide bonds. The van der Waals surface area contributed by atoms with Gasteiger partial charge in [-0.15, -0.1) is 0 Å². The molecule has 3 heterocycles. The van der Waals surface area contributed by atoms with Crippen molar-refractivity contribution in [3.05, 3.63) is 71.3 Å². The first kappa shape index (κ1) is 17.9. The van der Waals surface area contributed by atoms with Crippen molar-refractivity contribution in [3.63, 3.8) is 0 Å². The average Bonchev–Trinajstić information content (AvgIpc) is 3.07. The molecule has 1 aromatic carbocycles. The lowest BCUT2D eigenvalue weighted by Crippen LogP contribution is -2.45. The third-order valence-corrected chi connectivity index (χ3v) is 5.14. The summed E-state index contributed by atoms with van der Waals surface area (Å²) in [4.78, 5) is 14.3. The van der Waals surface area contributed by atoms with E-state index < -0.39 is 0 Å². The van der Waals surface area contributed by atoms with Gasteiger partial charge in [-0.1, -0.05) is 42.5 Å². The number of aromatic nitrogens is 3. The van der Waals surface area contributed by atoms with Crippen LogP contribution in [-0.4, -0.2) is 56.9 Å². The SMILES string of the molecule is Cc1cc(C)n2cc(CN3CCN(CC=Cc4ccccc4)CC3)nc2n1. The molecule has 0 aliphatic carbocycles. The van der Waals surface area contributed by atoms with Crippen molar-refractivity contribution >= 4 is 11.9 Å². The number of nitrogens with zero attached hydrogens (tertiary/aromatic N) is 5. The lowest BCUT2D eigenvalue weighted by atomic mass is 10.2. The number of fused-ring (bicyclic) bond motifs is 1. The Hall–Kier alpha value is -2.50. The fourth-order valence-corrected chi connectivity index (χ4v) is 3.66. The van der Waals surface area contributed by atoms with Gasteiger partial charge in [0.1, 0.15) is 0 Å². The van der Waals surface area contributed by atoms with Gasteiger partial charge in [-0.05, 0) is 25.5 Å². The second kappa shape index (κ2) is 8.03. The lowest BCUT2D eigenvalue weighted by Gasteiger charge is -2.33. The number of aryl methyl sites for hydroxylation is 2. The molecule has 4 rings (SSSR count). The van der Waals surface area contributed by atoms with E-state index in [2.05, 4.69) is 80.9 Å². The average molecular weight is 361 g/mol. The summed E-state index contributed by atoms with van der Waals surface area (Å²) < 4.78 is 2.09. The second-order valence-corrected chi connectivity index (χ2v) is 7.33. The van der Waals surface area contributed by atoms with Crippen LogP contribution in [0.25, 0.3) is 11.9 Å². The zero-order valence-electron chi connectivity index (χ0n) is 16.2. The molecule has 27 heavy (non-hydrogen) atoms. The number of piperazine rings is 1. The minimum Gasteiger partial charge on any atom is -0.297 e. The Morgan fingerprint density at radius 3 is 2.48 bits per heavy atom. The Bertz CT molecular complexity index is 921. The fourth-order valence-electron chi connectivity index (χ4n) is 3.66. The van der Waals surface area contributed by atoms with Crippen molar-refractivity contribution in [1.82, 2.24) is 24.2 Å². The molecule has 140 valence electrons. The molecule has 0 N–H and O–H groups in total. The summed E-state index contributed by atoms with van der Waals surface area (Å²) >= 11 is 0. The Labute approximate surface area is 161 Å². The van der Waals surface area contributed by atoms with E-state index in [4.69, 9.17) is 4.98 Å². The van der Waals surface area contributed by atoms with Gasteiger partial charge in [-0.2, -0.15) is 0 Å². The molecule has 1 saturated heterocycles. The highest BCUT2D eigenvalue weighted by Gasteiger charge is 2.17. The van der Waals surface area contributed by atoms with Gasteiger partial charge in [0.25, 0.3) is 0 Å². The number of benzene rings is 1. The van der Waals surface area contributed by atoms with Crippen molar-refractivity contribution < 1.29 is 0 Å². The molecule has 5 heteroatoms. The minimum absolute atomic E-state index is 0.812. The van der Waals surface area contributed by atoms with E-state index in [1.165, 1.54) is 11.3 Å². The molecule has 0 radical (unpaired) electrons. The van der Waals surface area contributed by atoms with Gasteiger partial charge in [-0.3, -0.25) is 14.2 Å². The maximum Gasteiger partial charge on any atom is 0.234 e. The third kappa shape index (κ3) is 4.43. The topological polar surface area (TPSA) is 36.7 Å². The molecule has 3 aromatic rings.